The molecule has 1 amide bonds. The maximum atomic E-state index is 12.2. The lowest BCUT2D eigenvalue weighted by Gasteiger charge is -2.10. The fourth-order valence-corrected chi connectivity index (χ4v) is 2.37. The molecule has 1 N–H and O–H groups in total. The molecule has 2 aromatic carbocycles. The number of ether oxygens (including phenoxy) is 2. The van der Waals surface area contributed by atoms with E-state index in [1.807, 2.05) is 31.2 Å². The van der Waals surface area contributed by atoms with E-state index >= 15 is 0 Å². The third-order valence-corrected chi connectivity index (χ3v) is 3.57. The molecule has 0 saturated carbocycles. The minimum Gasteiger partial charge on any atom is -0.494 e. The van der Waals surface area contributed by atoms with E-state index in [4.69, 9.17) is 9.47 Å². The first-order chi connectivity index (χ1) is 12.1. The van der Waals surface area contributed by atoms with E-state index < -0.39 is 5.97 Å². The van der Waals surface area contributed by atoms with Crippen LogP contribution in [-0.4, -0.2) is 25.1 Å². The molecular weight excluding hydrogens is 318 g/mol. The first-order valence-corrected chi connectivity index (χ1v) is 8.41. The number of rotatable bonds is 8. The molecule has 0 spiro atoms. The molecular formula is C20H23NO4. The molecule has 2 rings (SSSR count). The molecule has 0 bridgehead atoms. The van der Waals surface area contributed by atoms with Crippen LogP contribution in [0.4, 0.5) is 5.69 Å². The smallest absolute Gasteiger partial charge is 0.340 e. The molecule has 0 saturated heterocycles. The number of nitrogens with one attached hydrogen (secondary N) is 1. The highest BCUT2D eigenvalue weighted by Gasteiger charge is 2.13. The summed E-state index contributed by atoms with van der Waals surface area (Å²) in [5.41, 5.74) is 1.88. The van der Waals surface area contributed by atoms with E-state index in [-0.39, 0.29) is 5.91 Å². The van der Waals surface area contributed by atoms with Crippen molar-refractivity contribution in [1.82, 2.24) is 0 Å². The normalized spacial score (nSPS) is 10.2. The lowest BCUT2D eigenvalue weighted by molar-refractivity contribution is -0.116. The van der Waals surface area contributed by atoms with E-state index in [1.54, 1.807) is 31.2 Å². The van der Waals surface area contributed by atoms with Crippen LogP contribution in [0.15, 0.2) is 48.5 Å². The second-order valence-corrected chi connectivity index (χ2v) is 5.39. The fourth-order valence-electron chi connectivity index (χ4n) is 2.37. The van der Waals surface area contributed by atoms with Gasteiger partial charge < -0.3 is 14.8 Å². The van der Waals surface area contributed by atoms with Crippen molar-refractivity contribution in [2.45, 2.75) is 26.7 Å². The number of esters is 1. The zero-order chi connectivity index (χ0) is 18.1. The van der Waals surface area contributed by atoms with Gasteiger partial charge in [-0.25, -0.2) is 4.79 Å². The lowest BCUT2D eigenvalue weighted by Crippen LogP contribution is -2.16. The highest BCUT2D eigenvalue weighted by atomic mass is 16.5. The number of benzene rings is 2. The van der Waals surface area contributed by atoms with Crippen molar-refractivity contribution in [3.63, 3.8) is 0 Å². The number of carbonyl (C=O) groups excluding carboxylic acids is 2. The van der Waals surface area contributed by atoms with Gasteiger partial charge >= 0.3 is 5.97 Å². The number of aryl methyl sites for hydroxylation is 1. The molecule has 0 aliphatic carbocycles. The second-order valence-electron chi connectivity index (χ2n) is 5.39. The maximum Gasteiger partial charge on any atom is 0.340 e. The van der Waals surface area contributed by atoms with Crippen LogP contribution in [0, 0.1) is 0 Å². The van der Waals surface area contributed by atoms with Crippen LogP contribution < -0.4 is 10.1 Å². The molecule has 5 heteroatoms. The Morgan fingerprint density at radius 1 is 0.960 bits per heavy atom. The van der Waals surface area contributed by atoms with Crippen LogP contribution in [0.3, 0.4) is 0 Å². The van der Waals surface area contributed by atoms with Gasteiger partial charge in [-0.2, -0.15) is 0 Å². The van der Waals surface area contributed by atoms with Crippen molar-refractivity contribution in [3.05, 3.63) is 59.7 Å². The second kappa shape index (κ2) is 9.47. The Hall–Kier alpha value is -2.82. The molecule has 0 heterocycles. The number of carbonyl (C=O) groups is 2. The highest BCUT2D eigenvalue weighted by molar-refractivity contribution is 6.01. The van der Waals surface area contributed by atoms with Crippen LogP contribution in [0.25, 0.3) is 0 Å². The number of hydrogen-bond donors (Lipinski definition) is 1. The Bertz CT molecular complexity index is 710. The zero-order valence-electron chi connectivity index (χ0n) is 14.6. The average Bonchev–Trinajstić information content (AvgIpc) is 2.62. The molecule has 5 nitrogen and oxygen atoms in total. The van der Waals surface area contributed by atoms with Crippen molar-refractivity contribution in [2.24, 2.45) is 0 Å². The van der Waals surface area contributed by atoms with Crippen LogP contribution in [-0.2, 0) is 16.0 Å². The summed E-state index contributed by atoms with van der Waals surface area (Å²) in [6.45, 7) is 4.60. The molecule has 0 aromatic heterocycles. The number of amides is 1. The molecule has 0 aliphatic rings. The highest BCUT2D eigenvalue weighted by Crippen LogP contribution is 2.17. The topological polar surface area (TPSA) is 64.6 Å². The Morgan fingerprint density at radius 2 is 1.68 bits per heavy atom. The number of anilines is 1. The fraction of sp³-hybridized carbons (Fsp3) is 0.300. The van der Waals surface area contributed by atoms with Gasteiger partial charge in [0.05, 0.1) is 24.5 Å². The Balaban J connectivity index is 1.93. The third-order valence-electron chi connectivity index (χ3n) is 3.57. The van der Waals surface area contributed by atoms with Crippen molar-refractivity contribution in [1.29, 1.82) is 0 Å². The van der Waals surface area contributed by atoms with Crippen molar-refractivity contribution >= 4 is 17.6 Å². The minimum atomic E-state index is -0.440. The van der Waals surface area contributed by atoms with Gasteiger partial charge in [-0.3, -0.25) is 4.79 Å². The summed E-state index contributed by atoms with van der Waals surface area (Å²) in [5, 5.41) is 2.79. The average molecular weight is 341 g/mol. The van der Waals surface area contributed by atoms with Gasteiger partial charge in [0.1, 0.15) is 5.75 Å². The summed E-state index contributed by atoms with van der Waals surface area (Å²) >= 11 is 0. The Morgan fingerprint density at radius 3 is 2.36 bits per heavy atom. The summed E-state index contributed by atoms with van der Waals surface area (Å²) < 4.78 is 10.4. The summed E-state index contributed by atoms with van der Waals surface area (Å²) in [5.74, 6) is 0.231. The third kappa shape index (κ3) is 5.64. The molecule has 0 radical (unpaired) electrons. The standard InChI is InChI=1S/C20H23NO4/c1-3-24-16-12-9-15(10-13-16)11-14-19(22)21-18-8-6-5-7-17(18)20(23)25-4-2/h5-10,12-13H,3-4,11,14H2,1-2H3,(H,21,22). The lowest BCUT2D eigenvalue weighted by atomic mass is 10.1. The predicted molar refractivity (Wildman–Crippen MR) is 97.0 cm³/mol. The molecule has 0 fully saturated rings. The van der Waals surface area contributed by atoms with E-state index in [9.17, 15) is 9.59 Å². The van der Waals surface area contributed by atoms with Crippen LogP contribution in [0.5, 0.6) is 5.75 Å². The molecule has 0 atom stereocenters. The van der Waals surface area contributed by atoms with Gasteiger partial charge in [0.2, 0.25) is 5.91 Å². The quantitative estimate of drug-likeness (QED) is 0.741. The maximum absolute atomic E-state index is 12.2. The van der Waals surface area contributed by atoms with Crippen LogP contribution in [0.1, 0.15) is 36.2 Å². The molecule has 0 aliphatic heterocycles. The first-order valence-electron chi connectivity index (χ1n) is 8.41. The Labute approximate surface area is 148 Å². The predicted octanol–water partition coefficient (Wildman–Crippen LogP) is 3.83. The number of para-hydroxylation sites is 1. The largest absolute Gasteiger partial charge is 0.494 e. The van der Waals surface area contributed by atoms with E-state index in [0.717, 1.165) is 11.3 Å². The summed E-state index contributed by atoms with van der Waals surface area (Å²) in [7, 11) is 0. The van der Waals surface area contributed by atoms with Gasteiger partial charge in [-0.15, -0.1) is 0 Å². The zero-order valence-corrected chi connectivity index (χ0v) is 14.6. The SMILES string of the molecule is CCOC(=O)c1ccccc1NC(=O)CCc1ccc(OCC)cc1. The van der Waals surface area contributed by atoms with Crippen LogP contribution in [0.2, 0.25) is 0 Å². The van der Waals surface area contributed by atoms with Crippen molar-refractivity contribution in [2.75, 3.05) is 18.5 Å². The van der Waals surface area contributed by atoms with Crippen molar-refractivity contribution in [3.8, 4) is 5.75 Å². The number of hydrogen-bond acceptors (Lipinski definition) is 4. The van der Waals surface area contributed by atoms with Crippen molar-refractivity contribution < 1.29 is 19.1 Å². The van der Waals surface area contributed by atoms with Gasteiger partial charge in [-0.05, 0) is 50.1 Å². The minimum absolute atomic E-state index is 0.148. The molecule has 2 aromatic rings. The van der Waals surface area contributed by atoms with Gasteiger partial charge in [-0.1, -0.05) is 24.3 Å². The molecule has 25 heavy (non-hydrogen) atoms. The monoisotopic (exact) mass is 341 g/mol. The van der Waals surface area contributed by atoms with E-state index in [1.165, 1.54) is 0 Å². The van der Waals surface area contributed by atoms with Gasteiger partial charge in [0.15, 0.2) is 0 Å². The Kier molecular flexibility index (Phi) is 7.01. The van der Waals surface area contributed by atoms with E-state index in [0.29, 0.717) is 37.3 Å². The van der Waals surface area contributed by atoms with E-state index in [2.05, 4.69) is 5.32 Å². The van der Waals surface area contributed by atoms with Gasteiger partial charge in [0.25, 0.3) is 0 Å². The summed E-state index contributed by atoms with van der Waals surface area (Å²) in [6, 6.07) is 14.5. The molecule has 0 unspecified atom stereocenters. The first kappa shape index (κ1) is 18.5. The van der Waals surface area contributed by atoms with Gasteiger partial charge in [0, 0.05) is 6.42 Å². The molecule has 132 valence electrons. The van der Waals surface area contributed by atoms with Crippen LogP contribution >= 0.6 is 0 Å². The summed E-state index contributed by atoms with van der Waals surface area (Å²) in [4.78, 5) is 24.1. The summed E-state index contributed by atoms with van der Waals surface area (Å²) in [6.07, 6.45) is 0.935.